The summed E-state index contributed by atoms with van der Waals surface area (Å²) in [4.78, 5) is 10.3. The van der Waals surface area contributed by atoms with Gasteiger partial charge in [0.2, 0.25) is 5.88 Å². The topological polar surface area (TPSA) is 56.7 Å². The molecule has 1 aromatic heterocycles. The van der Waals surface area contributed by atoms with Gasteiger partial charge in [-0.3, -0.25) is 0 Å². The van der Waals surface area contributed by atoms with Crippen molar-refractivity contribution in [3.05, 3.63) is 54.1 Å². The van der Waals surface area contributed by atoms with Crippen LogP contribution >= 0.6 is 0 Å². The molecule has 0 unspecified atom stereocenters. The maximum Gasteiger partial charge on any atom is 0.224 e. The molecule has 1 aliphatic heterocycles. The van der Waals surface area contributed by atoms with Crippen LogP contribution in [0.1, 0.15) is 5.56 Å². The van der Waals surface area contributed by atoms with Crippen LogP contribution in [-0.4, -0.2) is 43.4 Å². The molecule has 4 rings (SSSR count). The molecule has 0 saturated carbocycles. The van der Waals surface area contributed by atoms with Crippen LogP contribution in [0.15, 0.2) is 42.7 Å². The number of methoxy groups -OCH3 is 1. The van der Waals surface area contributed by atoms with Gasteiger partial charge in [-0.2, -0.15) is 0 Å². The van der Waals surface area contributed by atoms with Crippen LogP contribution in [0.25, 0.3) is 10.9 Å². The smallest absolute Gasteiger partial charge is 0.224 e. The number of hydrogen-bond acceptors (Lipinski definition) is 6. The summed E-state index contributed by atoms with van der Waals surface area (Å²) >= 11 is 0. The first-order valence-corrected chi connectivity index (χ1v) is 8.78. The van der Waals surface area contributed by atoms with E-state index < -0.39 is 0 Å². The van der Waals surface area contributed by atoms with E-state index in [1.165, 1.54) is 6.33 Å². The molecule has 0 aliphatic carbocycles. The number of benzene rings is 2. The van der Waals surface area contributed by atoms with Crippen molar-refractivity contribution >= 4 is 16.6 Å². The highest BCUT2D eigenvalue weighted by atomic mass is 19.1. The summed E-state index contributed by atoms with van der Waals surface area (Å²) in [5.41, 5.74) is 1.76. The molecule has 1 saturated heterocycles. The Labute approximate surface area is 156 Å². The Morgan fingerprint density at radius 2 is 1.85 bits per heavy atom. The second kappa shape index (κ2) is 7.75. The third-order valence-corrected chi connectivity index (χ3v) is 4.57. The zero-order valence-electron chi connectivity index (χ0n) is 15.0. The van der Waals surface area contributed by atoms with Gasteiger partial charge in [-0.25, -0.2) is 14.4 Å². The average Bonchev–Trinajstić information content (AvgIpc) is 2.73. The maximum absolute atomic E-state index is 15.0. The number of hydrogen-bond donors (Lipinski definition) is 0. The second-order valence-electron chi connectivity index (χ2n) is 6.21. The van der Waals surface area contributed by atoms with E-state index >= 15 is 4.39 Å². The summed E-state index contributed by atoms with van der Waals surface area (Å²) in [7, 11) is 1.62. The molecule has 7 heteroatoms. The number of aromatic nitrogens is 2. The minimum absolute atomic E-state index is 0.263. The molecular formula is C20H20FN3O3. The van der Waals surface area contributed by atoms with E-state index in [4.69, 9.17) is 14.2 Å². The summed E-state index contributed by atoms with van der Waals surface area (Å²) in [5, 5.41) is 0.556. The van der Waals surface area contributed by atoms with E-state index in [1.54, 1.807) is 13.2 Å². The minimum atomic E-state index is -0.355. The van der Waals surface area contributed by atoms with Crippen molar-refractivity contribution < 1.29 is 18.6 Å². The molecule has 27 heavy (non-hydrogen) atoms. The Balaban J connectivity index is 1.58. The van der Waals surface area contributed by atoms with Gasteiger partial charge < -0.3 is 19.1 Å². The Bertz CT molecular complexity index is 928. The van der Waals surface area contributed by atoms with E-state index in [0.29, 0.717) is 49.9 Å². The van der Waals surface area contributed by atoms with Gasteiger partial charge in [-0.15, -0.1) is 0 Å². The lowest BCUT2D eigenvalue weighted by Crippen LogP contribution is -2.36. The summed E-state index contributed by atoms with van der Waals surface area (Å²) < 4.78 is 31.4. The summed E-state index contributed by atoms with van der Waals surface area (Å²) in [6.45, 7) is 2.83. The fourth-order valence-corrected chi connectivity index (χ4v) is 3.10. The molecule has 2 heterocycles. The van der Waals surface area contributed by atoms with Crippen molar-refractivity contribution in [1.82, 2.24) is 9.97 Å². The number of halogens is 1. The van der Waals surface area contributed by atoms with Gasteiger partial charge in [0.25, 0.3) is 0 Å². The van der Waals surface area contributed by atoms with Crippen molar-refractivity contribution in [1.29, 1.82) is 0 Å². The van der Waals surface area contributed by atoms with Gasteiger partial charge in [0.05, 0.1) is 31.4 Å². The van der Waals surface area contributed by atoms with Crippen molar-refractivity contribution in [2.45, 2.75) is 6.61 Å². The van der Waals surface area contributed by atoms with Crippen molar-refractivity contribution in [2.24, 2.45) is 0 Å². The molecule has 0 bridgehead atoms. The quantitative estimate of drug-likeness (QED) is 0.688. The first-order chi connectivity index (χ1) is 13.3. The first kappa shape index (κ1) is 17.5. The van der Waals surface area contributed by atoms with Crippen LogP contribution in [0, 0.1) is 5.82 Å². The van der Waals surface area contributed by atoms with Crippen LogP contribution in [0.2, 0.25) is 0 Å². The molecule has 0 atom stereocenters. The van der Waals surface area contributed by atoms with E-state index in [0.717, 1.165) is 11.3 Å². The highest BCUT2D eigenvalue weighted by Gasteiger charge is 2.19. The first-order valence-electron chi connectivity index (χ1n) is 8.78. The summed E-state index contributed by atoms with van der Waals surface area (Å²) in [5.74, 6) is 0.790. The molecule has 1 fully saturated rings. The highest BCUT2D eigenvalue weighted by Crippen LogP contribution is 2.30. The predicted octanol–water partition coefficient (Wildman–Crippen LogP) is 3.19. The number of ether oxygens (including phenoxy) is 3. The van der Waals surface area contributed by atoms with Crippen LogP contribution in [-0.2, 0) is 11.3 Å². The number of morpholine rings is 1. The van der Waals surface area contributed by atoms with E-state index in [9.17, 15) is 0 Å². The molecule has 2 aromatic carbocycles. The third kappa shape index (κ3) is 3.64. The number of nitrogens with zero attached hydrogens (tertiary/aromatic N) is 3. The zero-order chi connectivity index (χ0) is 18.6. The van der Waals surface area contributed by atoms with Crippen LogP contribution in [0.5, 0.6) is 11.6 Å². The Hall–Kier alpha value is -2.93. The van der Waals surface area contributed by atoms with Gasteiger partial charge in [-0.05, 0) is 29.8 Å². The largest absolute Gasteiger partial charge is 0.497 e. The lowest BCUT2D eigenvalue weighted by atomic mass is 10.2. The molecule has 140 valence electrons. The standard InChI is InChI=1S/C20H20FN3O3/c1-25-15-4-2-14(3-5-15)12-27-20-16-6-7-17(24-8-10-26-11-9-24)18(21)19(16)22-13-23-20/h2-7,13H,8-12H2,1H3. The Morgan fingerprint density at radius 3 is 2.59 bits per heavy atom. The molecule has 0 radical (unpaired) electrons. The van der Waals surface area contributed by atoms with Gasteiger partial charge in [-0.1, -0.05) is 12.1 Å². The van der Waals surface area contributed by atoms with Gasteiger partial charge in [0.1, 0.15) is 24.2 Å². The Morgan fingerprint density at radius 1 is 1.07 bits per heavy atom. The average molecular weight is 369 g/mol. The van der Waals surface area contributed by atoms with Gasteiger partial charge >= 0.3 is 0 Å². The molecule has 3 aromatic rings. The third-order valence-electron chi connectivity index (χ3n) is 4.57. The fraction of sp³-hybridized carbons (Fsp3) is 0.300. The van der Waals surface area contributed by atoms with Crippen LogP contribution < -0.4 is 14.4 Å². The molecular weight excluding hydrogens is 349 g/mol. The number of rotatable bonds is 5. The minimum Gasteiger partial charge on any atom is -0.497 e. The number of anilines is 1. The van der Waals surface area contributed by atoms with E-state index in [-0.39, 0.29) is 11.3 Å². The van der Waals surface area contributed by atoms with Crippen molar-refractivity contribution in [3.63, 3.8) is 0 Å². The summed E-state index contributed by atoms with van der Waals surface area (Å²) in [6, 6.07) is 11.1. The Kier molecular flexibility index (Phi) is 5.02. The normalized spacial score (nSPS) is 14.4. The summed E-state index contributed by atoms with van der Waals surface area (Å²) in [6.07, 6.45) is 1.33. The van der Waals surface area contributed by atoms with Gasteiger partial charge in [0.15, 0.2) is 5.82 Å². The second-order valence-corrected chi connectivity index (χ2v) is 6.21. The fourth-order valence-electron chi connectivity index (χ4n) is 3.10. The lowest BCUT2D eigenvalue weighted by Gasteiger charge is -2.29. The van der Waals surface area contributed by atoms with Crippen molar-refractivity contribution in [2.75, 3.05) is 38.3 Å². The molecule has 0 amide bonds. The highest BCUT2D eigenvalue weighted by molar-refractivity contribution is 5.87. The number of fused-ring (bicyclic) bond motifs is 1. The molecule has 0 spiro atoms. The van der Waals surface area contributed by atoms with Crippen LogP contribution in [0.4, 0.5) is 10.1 Å². The SMILES string of the molecule is COc1ccc(COc2ncnc3c(F)c(N4CCOCC4)ccc23)cc1. The van der Waals surface area contributed by atoms with E-state index in [2.05, 4.69) is 9.97 Å². The molecule has 6 nitrogen and oxygen atoms in total. The maximum atomic E-state index is 15.0. The predicted molar refractivity (Wildman–Crippen MR) is 99.9 cm³/mol. The van der Waals surface area contributed by atoms with Crippen molar-refractivity contribution in [3.8, 4) is 11.6 Å². The lowest BCUT2D eigenvalue weighted by molar-refractivity contribution is 0.122. The van der Waals surface area contributed by atoms with Crippen LogP contribution in [0.3, 0.4) is 0 Å². The van der Waals surface area contributed by atoms with Gasteiger partial charge in [0, 0.05) is 13.1 Å². The van der Waals surface area contributed by atoms with E-state index in [1.807, 2.05) is 35.2 Å². The zero-order valence-corrected chi connectivity index (χ0v) is 15.0. The molecule has 1 aliphatic rings. The monoisotopic (exact) mass is 369 g/mol. The molecule has 0 N–H and O–H groups in total.